The second kappa shape index (κ2) is 7.77. The zero-order valence-electron chi connectivity index (χ0n) is 14.3. The van der Waals surface area contributed by atoms with Crippen molar-refractivity contribution in [3.63, 3.8) is 0 Å². The fourth-order valence-electron chi connectivity index (χ4n) is 2.77. The van der Waals surface area contributed by atoms with E-state index in [0.29, 0.717) is 24.4 Å². The van der Waals surface area contributed by atoms with Crippen LogP contribution >= 0.6 is 0 Å². The van der Waals surface area contributed by atoms with Crippen molar-refractivity contribution in [2.45, 2.75) is 27.2 Å². The Morgan fingerprint density at radius 3 is 2.52 bits per heavy atom. The lowest BCUT2D eigenvalue weighted by molar-refractivity contribution is 0.0762. The number of hydrogen-bond acceptors (Lipinski definition) is 3. The van der Waals surface area contributed by atoms with Crippen LogP contribution in [-0.2, 0) is 6.42 Å². The highest BCUT2D eigenvalue weighted by molar-refractivity contribution is 5.97. The van der Waals surface area contributed by atoms with Gasteiger partial charge in [-0.25, -0.2) is 0 Å². The van der Waals surface area contributed by atoms with Crippen LogP contribution in [0.4, 0.5) is 0 Å². The van der Waals surface area contributed by atoms with Gasteiger partial charge >= 0.3 is 0 Å². The maximum Gasteiger partial charge on any atom is 0.257 e. The van der Waals surface area contributed by atoms with E-state index >= 15 is 0 Å². The first-order valence-electron chi connectivity index (χ1n) is 7.90. The molecule has 1 heterocycles. The molecule has 0 aliphatic rings. The van der Waals surface area contributed by atoms with Gasteiger partial charge in [0, 0.05) is 25.5 Å². The molecule has 0 atom stereocenters. The lowest BCUT2D eigenvalue weighted by Gasteiger charge is -2.23. The van der Waals surface area contributed by atoms with Gasteiger partial charge in [-0.05, 0) is 62.1 Å². The molecule has 0 unspecified atom stereocenters. The summed E-state index contributed by atoms with van der Waals surface area (Å²) in [5.41, 5.74) is 3.87. The topological polar surface area (TPSA) is 42.4 Å². The van der Waals surface area contributed by atoms with Gasteiger partial charge in [-0.3, -0.25) is 9.78 Å². The predicted octanol–water partition coefficient (Wildman–Crippen LogP) is 3.41. The van der Waals surface area contributed by atoms with Crippen molar-refractivity contribution >= 4 is 5.91 Å². The van der Waals surface area contributed by atoms with Crippen LogP contribution in [0.25, 0.3) is 0 Å². The van der Waals surface area contributed by atoms with Crippen molar-refractivity contribution < 1.29 is 9.53 Å². The molecule has 1 amide bonds. The van der Waals surface area contributed by atoms with Gasteiger partial charge in [0.1, 0.15) is 5.75 Å². The SMILES string of the molecule is CCN(CCc1ccncc1)C(=O)c1cc(C)cc(C)c1OC. The largest absolute Gasteiger partial charge is 0.496 e. The fourth-order valence-corrected chi connectivity index (χ4v) is 2.77. The highest BCUT2D eigenvalue weighted by Crippen LogP contribution is 2.26. The third-order valence-corrected chi connectivity index (χ3v) is 3.94. The summed E-state index contributed by atoms with van der Waals surface area (Å²) in [5.74, 6) is 0.688. The first-order valence-corrected chi connectivity index (χ1v) is 7.90. The van der Waals surface area contributed by atoms with Crippen LogP contribution in [0.2, 0.25) is 0 Å². The average molecular weight is 312 g/mol. The Hall–Kier alpha value is -2.36. The van der Waals surface area contributed by atoms with E-state index in [1.165, 1.54) is 5.56 Å². The van der Waals surface area contributed by atoms with Crippen LogP contribution < -0.4 is 4.74 Å². The quantitative estimate of drug-likeness (QED) is 0.821. The molecular weight excluding hydrogens is 288 g/mol. The van der Waals surface area contributed by atoms with E-state index in [1.807, 2.05) is 49.9 Å². The van der Waals surface area contributed by atoms with Gasteiger partial charge in [-0.2, -0.15) is 0 Å². The van der Waals surface area contributed by atoms with Gasteiger partial charge in [-0.15, -0.1) is 0 Å². The molecule has 0 spiro atoms. The third-order valence-electron chi connectivity index (χ3n) is 3.94. The van der Waals surface area contributed by atoms with E-state index in [1.54, 1.807) is 19.5 Å². The Bertz CT molecular complexity index is 669. The lowest BCUT2D eigenvalue weighted by atomic mass is 10.0. The molecule has 1 aromatic carbocycles. The summed E-state index contributed by atoms with van der Waals surface area (Å²) in [4.78, 5) is 18.8. The summed E-state index contributed by atoms with van der Waals surface area (Å²) in [6, 6.07) is 7.90. The van der Waals surface area contributed by atoms with E-state index in [0.717, 1.165) is 17.5 Å². The van der Waals surface area contributed by atoms with Crippen molar-refractivity contribution in [1.29, 1.82) is 0 Å². The highest BCUT2D eigenvalue weighted by Gasteiger charge is 2.20. The second-order valence-electron chi connectivity index (χ2n) is 5.65. The highest BCUT2D eigenvalue weighted by atomic mass is 16.5. The minimum absolute atomic E-state index is 0.0187. The van der Waals surface area contributed by atoms with Crippen molar-refractivity contribution in [1.82, 2.24) is 9.88 Å². The van der Waals surface area contributed by atoms with E-state index < -0.39 is 0 Å². The number of hydrogen-bond donors (Lipinski definition) is 0. The molecule has 4 heteroatoms. The number of benzene rings is 1. The summed E-state index contributed by atoms with van der Waals surface area (Å²) < 4.78 is 5.45. The van der Waals surface area contributed by atoms with Crippen molar-refractivity contribution in [2.24, 2.45) is 0 Å². The first-order chi connectivity index (χ1) is 11.1. The zero-order valence-corrected chi connectivity index (χ0v) is 14.3. The third kappa shape index (κ3) is 4.09. The maximum absolute atomic E-state index is 12.9. The Morgan fingerprint density at radius 2 is 1.91 bits per heavy atom. The van der Waals surface area contributed by atoms with Crippen LogP contribution in [0.3, 0.4) is 0 Å². The molecule has 0 saturated heterocycles. The average Bonchev–Trinajstić information content (AvgIpc) is 2.55. The van der Waals surface area contributed by atoms with Gasteiger partial charge < -0.3 is 9.64 Å². The number of pyridine rings is 1. The number of amides is 1. The molecule has 4 nitrogen and oxygen atoms in total. The predicted molar refractivity (Wildman–Crippen MR) is 92.0 cm³/mol. The van der Waals surface area contributed by atoms with Crippen LogP contribution in [0.15, 0.2) is 36.7 Å². The minimum Gasteiger partial charge on any atom is -0.496 e. The van der Waals surface area contributed by atoms with E-state index in [2.05, 4.69) is 4.98 Å². The summed E-state index contributed by atoms with van der Waals surface area (Å²) >= 11 is 0. The standard InChI is InChI=1S/C19H24N2O2/c1-5-21(11-8-16-6-9-20-10-7-16)19(22)17-13-14(2)12-15(3)18(17)23-4/h6-7,9-10,12-13H,5,8,11H2,1-4H3. The number of rotatable bonds is 6. The van der Waals surface area contributed by atoms with Crippen LogP contribution in [0.5, 0.6) is 5.75 Å². The van der Waals surface area contributed by atoms with E-state index in [9.17, 15) is 4.79 Å². The molecule has 0 aliphatic heterocycles. The molecule has 0 N–H and O–H groups in total. The number of aryl methyl sites for hydroxylation is 2. The molecule has 0 fully saturated rings. The summed E-state index contributed by atoms with van der Waals surface area (Å²) in [7, 11) is 1.61. The molecular formula is C19H24N2O2. The summed E-state index contributed by atoms with van der Waals surface area (Å²) in [6.07, 6.45) is 4.37. The molecule has 2 rings (SSSR count). The number of nitrogens with zero attached hydrogens (tertiary/aromatic N) is 2. The number of carbonyl (C=O) groups is 1. The van der Waals surface area contributed by atoms with Crippen LogP contribution in [-0.4, -0.2) is 36.0 Å². The van der Waals surface area contributed by atoms with Crippen molar-refractivity contribution in [2.75, 3.05) is 20.2 Å². The van der Waals surface area contributed by atoms with Gasteiger partial charge in [0.05, 0.1) is 12.7 Å². The molecule has 122 valence electrons. The molecule has 0 aliphatic carbocycles. The van der Waals surface area contributed by atoms with Gasteiger partial charge in [-0.1, -0.05) is 6.07 Å². The van der Waals surface area contributed by atoms with Gasteiger partial charge in [0.15, 0.2) is 0 Å². The number of carbonyl (C=O) groups excluding carboxylic acids is 1. The number of ether oxygens (including phenoxy) is 1. The number of aromatic nitrogens is 1. The molecule has 0 saturated carbocycles. The molecule has 0 radical (unpaired) electrons. The van der Waals surface area contributed by atoms with Gasteiger partial charge in [0.25, 0.3) is 5.91 Å². The Morgan fingerprint density at radius 1 is 1.22 bits per heavy atom. The summed E-state index contributed by atoms with van der Waals surface area (Å²) in [5, 5.41) is 0. The number of likely N-dealkylation sites (N-methyl/N-ethyl adjacent to an activating group) is 1. The smallest absolute Gasteiger partial charge is 0.257 e. The monoisotopic (exact) mass is 312 g/mol. The van der Waals surface area contributed by atoms with Gasteiger partial charge in [0.2, 0.25) is 0 Å². The lowest BCUT2D eigenvalue weighted by Crippen LogP contribution is -2.33. The second-order valence-corrected chi connectivity index (χ2v) is 5.65. The Kier molecular flexibility index (Phi) is 5.74. The van der Waals surface area contributed by atoms with Crippen molar-refractivity contribution in [3.8, 4) is 5.75 Å². The van der Waals surface area contributed by atoms with Crippen LogP contribution in [0, 0.1) is 13.8 Å². The minimum atomic E-state index is 0.0187. The molecule has 1 aromatic heterocycles. The maximum atomic E-state index is 12.9. The Balaban J connectivity index is 2.20. The molecule has 2 aromatic rings. The van der Waals surface area contributed by atoms with E-state index in [4.69, 9.17) is 4.74 Å². The fraction of sp³-hybridized carbons (Fsp3) is 0.368. The Labute approximate surface area is 138 Å². The van der Waals surface area contributed by atoms with Crippen molar-refractivity contribution in [3.05, 3.63) is 58.9 Å². The van der Waals surface area contributed by atoms with E-state index in [-0.39, 0.29) is 5.91 Å². The molecule has 23 heavy (non-hydrogen) atoms. The summed E-state index contributed by atoms with van der Waals surface area (Å²) in [6.45, 7) is 7.31. The molecule has 0 bridgehead atoms. The van der Waals surface area contributed by atoms with Crippen LogP contribution in [0.1, 0.15) is 34.0 Å². The first kappa shape index (κ1) is 17.0. The normalized spacial score (nSPS) is 10.4. The zero-order chi connectivity index (χ0) is 16.8. The number of methoxy groups -OCH3 is 1.